The predicted molar refractivity (Wildman–Crippen MR) is 116 cm³/mol. The van der Waals surface area contributed by atoms with Gasteiger partial charge in [0.1, 0.15) is 5.75 Å². The fourth-order valence-corrected chi connectivity index (χ4v) is 3.96. The molecule has 0 atom stereocenters. The number of nitrogens with zero attached hydrogens (tertiary/aromatic N) is 1. The number of para-hydroxylation sites is 1. The Hall–Kier alpha value is -1.87. The molecule has 2 nitrogen and oxygen atoms in total. The maximum atomic E-state index is 6.75. The van der Waals surface area contributed by atoms with Crippen LogP contribution in [-0.2, 0) is 6.42 Å². The number of aryl methyl sites for hydroxylation is 1. The van der Waals surface area contributed by atoms with Crippen LogP contribution in [0, 0.1) is 0 Å². The Labute approximate surface area is 158 Å². The molecule has 0 aliphatic heterocycles. The SMILES string of the molecule is CCCCc1cc(O[Si](C)(C)C(C)(C)C)c2cc3ccccc3nc2c1. The Kier molecular flexibility index (Phi) is 5.11. The normalized spacial score (nSPS) is 12.7. The van der Waals surface area contributed by atoms with E-state index >= 15 is 0 Å². The third kappa shape index (κ3) is 3.78. The molecule has 0 amide bonds. The molecule has 1 heterocycles. The second-order valence-electron chi connectivity index (χ2n) is 8.81. The molecule has 0 fully saturated rings. The summed E-state index contributed by atoms with van der Waals surface area (Å²) < 4.78 is 6.75. The Balaban J connectivity index is 2.18. The Bertz CT molecular complexity index is 925. The van der Waals surface area contributed by atoms with E-state index < -0.39 is 8.32 Å². The van der Waals surface area contributed by atoms with Crippen LogP contribution in [-0.4, -0.2) is 13.3 Å². The summed E-state index contributed by atoms with van der Waals surface area (Å²) in [5.74, 6) is 1.01. The van der Waals surface area contributed by atoms with Crippen LogP contribution in [0.2, 0.25) is 18.1 Å². The highest BCUT2D eigenvalue weighted by atomic mass is 28.4. The van der Waals surface area contributed by atoms with Gasteiger partial charge >= 0.3 is 0 Å². The number of fused-ring (bicyclic) bond motifs is 2. The van der Waals surface area contributed by atoms with Gasteiger partial charge in [-0.05, 0) is 60.8 Å². The molecule has 0 bridgehead atoms. The number of aromatic nitrogens is 1. The molecule has 0 N–H and O–H groups in total. The van der Waals surface area contributed by atoms with Crippen molar-refractivity contribution in [1.82, 2.24) is 4.98 Å². The van der Waals surface area contributed by atoms with E-state index in [4.69, 9.17) is 9.41 Å². The van der Waals surface area contributed by atoms with E-state index in [1.165, 1.54) is 23.8 Å². The summed E-state index contributed by atoms with van der Waals surface area (Å²) in [5.41, 5.74) is 3.42. The van der Waals surface area contributed by atoms with Gasteiger partial charge in [-0.25, -0.2) is 4.98 Å². The maximum absolute atomic E-state index is 6.75. The van der Waals surface area contributed by atoms with Crippen LogP contribution < -0.4 is 4.43 Å². The molecule has 0 radical (unpaired) electrons. The first-order valence-corrected chi connectivity index (χ1v) is 12.6. The molecule has 3 aromatic rings. The zero-order valence-electron chi connectivity index (χ0n) is 17.0. The van der Waals surface area contributed by atoms with Crippen molar-refractivity contribution >= 4 is 30.1 Å². The van der Waals surface area contributed by atoms with E-state index in [0.717, 1.165) is 28.6 Å². The lowest BCUT2D eigenvalue weighted by Crippen LogP contribution is -2.43. The molecule has 1 aromatic heterocycles. The minimum absolute atomic E-state index is 0.170. The van der Waals surface area contributed by atoms with Gasteiger partial charge in [0.15, 0.2) is 0 Å². The third-order valence-corrected chi connectivity index (χ3v) is 9.99. The number of pyridine rings is 1. The molecule has 26 heavy (non-hydrogen) atoms. The number of hydrogen-bond donors (Lipinski definition) is 0. The van der Waals surface area contributed by atoms with Crippen LogP contribution in [0.15, 0.2) is 42.5 Å². The van der Waals surface area contributed by atoms with Gasteiger partial charge in [-0.15, -0.1) is 0 Å². The van der Waals surface area contributed by atoms with Gasteiger partial charge in [0, 0.05) is 10.8 Å². The second kappa shape index (κ2) is 7.03. The molecular formula is C23H31NOSi. The average molecular weight is 366 g/mol. The molecule has 0 saturated carbocycles. The summed E-state index contributed by atoms with van der Waals surface area (Å²) in [4.78, 5) is 4.93. The monoisotopic (exact) mass is 365 g/mol. The number of hydrogen-bond acceptors (Lipinski definition) is 2. The number of unbranched alkanes of at least 4 members (excludes halogenated alkanes) is 1. The van der Waals surface area contributed by atoms with Crippen LogP contribution in [0.5, 0.6) is 5.75 Å². The third-order valence-electron chi connectivity index (χ3n) is 5.65. The van der Waals surface area contributed by atoms with Crippen molar-refractivity contribution < 1.29 is 4.43 Å². The highest BCUT2D eigenvalue weighted by Crippen LogP contribution is 2.40. The van der Waals surface area contributed by atoms with E-state index in [1.807, 2.05) is 0 Å². The van der Waals surface area contributed by atoms with Crippen LogP contribution in [0.1, 0.15) is 46.1 Å². The Morgan fingerprint density at radius 1 is 1.00 bits per heavy atom. The molecule has 0 aliphatic rings. The first-order chi connectivity index (χ1) is 12.2. The Morgan fingerprint density at radius 2 is 1.73 bits per heavy atom. The van der Waals surface area contributed by atoms with Crippen LogP contribution >= 0.6 is 0 Å². The van der Waals surface area contributed by atoms with E-state index in [-0.39, 0.29) is 5.04 Å². The van der Waals surface area contributed by atoms with Gasteiger partial charge in [-0.2, -0.15) is 0 Å². The molecule has 3 heteroatoms. The van der Waals surface area contributed by atoms with E-state index in [2.05, 4.69) is 83.3 Å². The standard InChI is InChI=1S/C23H31NOSi/c1-7-8-11-17-14-21-19(16-18-12-9-10-13-20(18)24-21)22(15-17)25-26(5,6)23(2,3)4/h9-10,12-16H,7-8,11H2,1-6H3. The van der Waals surface area contributed by atoms with Crippen molar-refractivity contribution in [3.05, 3.63) is 48.0 Å². The van der Waals surface area contributed by atoms with Crippen molar-refractivity contribution in [3.8, 4) is 5.75 Å². The van der Waals surface area contributed by atoms with Gasteiger partial charge in [-0.1, -0.05) is 52.3 Å². The molecule has 0 saturated heterocycles. The quantitative estimate of drug-likeness (QED) is 0.355. The summed E-state index contributed by atoms with van der Waals surface area (Å²) in [6.07, 6.45) is 3.47. The summed E-state index contributed by atoms with van der Waals surface area (Å²) in [6.45, 7) is 13.7. The molecule has 2 aromatic carbocycles. The first kappa shape index (κ1) is 18.9. The van der Waals surface area contributed by atoms with Crippen molar-refractivity contribution in [2.45, 2.75) is 65.1 Å². The zero-order chi connectivity index (χ0) is 18.9. The fraction of sp³-hybridized carbons (Fsp3) is 0.435. The first-order valence-electron chi connectivity index (χ1n) is 9.73. The van der Waals surface area contributed by atoms with Crippen molar-refractivity contribution in [1.29, 1.82) is 0 Å². The minimum atomic E-state index is -1.91. The number of benzene rings is 2. The van der Waals surface area contributed by atoms with Gasteiger partial charge in [0.25, 0.3) is 8.32 Å². The van der Waals surface area contributed by atoms with E-state index in [1.54, 1.807) is 0 Å². The summed E-state index contributed by atoms with van der Waals surface area (Å²) in [5, 5.41) is 2.47. The van der Waals surface area contributed by atoms with Crippen molar-refractivity contribution in [2.75, 3.05) is 0 Å². The van der Waals surface area contributed by atoms with Crippen LogP contribution in [0.4, 0.5) is 0 Å². The second-order valence-corrected chi connectivity index (χ2v) is 13.5. The maximum Gasteiger partial charge on any atom is 0.250 e. The molecule has 138 valence electrons. The lowest BCUT2D eigenvalue weighted by atomic mass is 10.0. The fourth-order valence-electron chi connectivity index (χ4n) is 2.94. The van der Waals surface area contributed by atoms with E-state index in [0.29, 0.717) is 0 Å². The largest absolute Gasteiger partial charge is 0.543 e. The molecular weight excluding hydrogens is 334 g/mol. The smallest absolute Gasteiger partial charge is 0.250 e. The molecule has 0 spiro atoms. The molecule has 0 aliphatic carbocycles. The van der Waals surface area contributed by atoms with Gasteiger partial charge in [0.05, 0.1) is 11.0 Å². The molecule has 3 rings (SSSR count). The topological polar surface area (TPSA) is 22.1 Å². The molecule has 0 unspecified atom stereocenters. The van der Waals surface area contributed by atoms with Crippen LogP contribution in [0.25, 0.3) is 21.8 Å². The highest BCUT2D eigenvalue weighted by molar-refractivity contribution is 6.74. The highest BCUT2D eigenvalue weighted by Gasteiger charge is 2.39. The lowest BCUT2D eigenvalue weighted by Gasteiger charge is -2.37. The summed E-state index contributed by atoms with van der Waals surface area (Å²) >= 11 is 0. The summed E-state index contributed by atoms with van der Waals surface area (Å²) in [6, 6.07) is 15.1. The minimum Gasteiger partial charge on any atom is -0.543 e. The van der Waals surface area contributed by atoms with Gasteiger partial charge in [-0.3, -0.25) is 0 Å². The summed E-state index contributed by atoms with van der Waals surface area (Å²) in [7, 11) is -1.91. The van der Waals surface area contributed by atoms with E-state index in [9.17, 15) is 0 Å². The van der Waals surface area contributed by atoms with Gasteiger partial charge < -0.3 is 4.43 Å². The average Bonchev–Trinajstić information content (AvgIpc) is 2.57. The predicted octanol–water partition coefficient (Wildman–Crippen LogP) is 7.11. The Morgan fingerprint density at radius 3 is 2.42 bits per heavy atom. The van der Waals surface area contributed by atoms with Gasteiger partial charge in [0.2, 0.25) is 0 Å². The lowest BCUT2D eigenvalue weighted by molar-refractivity contribution is 0.496. The van der Waals surface area contributed by atoms with Crippen molar-refractivity contribution in [3.63, 3.8) is 0 Å². The van der Waals surface area contributed by atoms with Crippen LogP contribution in [0.3, 0.4) is 0 Å². The zero-order valence-corrected chi connectivity index (χ0v) is 18.0. The number of rotatable bonds is 5. The van der Waals surface area contributed by atoms with Crippen molar-refractivity contribution in [2.24, 2.45) is 0 Å².